The molecule has 0 fully saturated rings. The summed E-state index contributed by atoms with van der Waals surface area (Å²) in [6.45, 7) is 11.0. The van der Waals surface area contributed by atoms with Crippen LogP contribution >= 0.6 is 8.25 Å². The van der Waals surface area contributed by atoms with Crippen molar-refractivity contribution >= 4 is 8.25 Å². The highest BCUT2D eigenvalue weighted by Gasteiger charge is 2.31. The first kappa shape index (κ1) is 20.8. The Bertz CT molecular complexity index is 430. The number of terminal acetylenes is 2. The van der Waals surface area contributed by atoms with Crippen molar-refractivity contribution in [1.82, 2.24) is 0 Å². The number of rotatable bonds is 12. The van der Waals surface area contributed by atoms with E-state index in [1.807, 2.05) is 13.8 Å². The van der Waals surface area contributed by atoms with Crippen LogP contribution in [0.1, 0.15) is 52.4 Å². The van der Waals surface area contributed by atoms with Crippen molar-refractivity contribution in [2.24, 2.45) is 0 Å². The highest BCUT2D eigenvalue weighted by molar-refractivity contribution is 7.33. The Morgan fingerprint density at radius 3 is 1.64 bits per heavy atom. The van der Waals surface area contributed by atoms with E-state index in [1.165, 1.54) is 0 Å². The zero-order chi connectivity index (χ0) is 17.1. The van der Waals surface area contributed by atoms with Crippen LogP contribution in [0.25, 0.3) is 0 Å². The van der Waals surface area contributed by atoms with E-state index in [0.717, 1.165) is 12.8 Å². The van der Waals surface area contributed by atoms with Crippen molar-refractivity contribution in [2.45, 2.75) is 63.6 Å². The molecule has 4 heteroatoms. The monoisotopic (exact) mass is 322 g/mol. The number of allylic oxidation sites excluding steroid dienone is 2. The molecule has 0 saturated carbocycles. The fourth-order valence-electron chi connectivity index (χ4n) is 2.02. The third-order valence-corrected chi connectivity index (χ3v) is 4.69. The molecule has 0 rings (SSSR count). The Kier molecular flexibility index (Phi) is 9.88. The van der Waals surface area contributed by atoms with E-state index in [0.29, 0.717) is 25.7 Å². The molecular formula is C18H27O3P. The Hall–Kier alpha value is -1.25. The fourth-order valence-corrected chi connectivity index (χ4v) is 3.22. The van der Waals surface area contributed by atoms with Gasteiger partial charge in [-0.15, -0.1) is 37.8 Å². The smallest absolute Gasteiger partial charge is 0.303 e. The minimum absolute atomic E-state index is 0.360. The SMILES string of the molecule is C#CCC(C)(CCC=C)O[PH](=O)OC(C)(CC#C)CCC=C. The van der Waals surface area contributed by atoms with E-state index in [4.69, 9.17) is 21.9 Å². The lowest BCUT2D eigenvalue weighted by Gasteiger charge is -2.31. The fraction of sp³-hybridized carbons (Fsp3) is 0.556. The summed E-state index contributed by atoms with van der Waals surface area (Å²) in [5.41, 5.74) is -1.37. The van der Waals surface area contributed by atoms with Crippen LogP contribution in [0.15, 0.2) is 25.3 Å². The van der Waals surface area contributed by atoms with Gasteiger partial charge in [-0.25, -0.2) is 0 Å². The number of hydrogen-bond acceptors (Lipinski definition) is 3. The molecule has 22 heavy (non-hydrogen) atoms. The maximum absolute atomic E-state index is 12.3. The van der Waals surface area contributed by atoms with Crippen LogP contribution in [-0.4, -0.2) is 11.2 Å². The highest BCUT2D eigenvalue weighted by Crippen LogP contribution is 2.41. The molecule has 0 aromatic heterocycles. The molecule has 0 aliphatic heterocycles. The molecule has 0 N–H and O–H groups in total. The van der Waals surface area contributed by atoms with Gasteiger partial charge in [0, 0.05) is 12.8 Å². The summed E-state index contributed by atoms with van der Waals surface area (Å²) in [4.78, 5) is 0. The lowest BCUT2D eigenvalue weighted by atomic mass is 9.97. The average Bonchev–Trinajstić information content (AvgIpc) is 2.43. The van der Waals surface area contributed by atoms with Crippen molar-refractivity contribution in [1.29, 1.82) is 0 Å². The lowest BCUT2D eigenvalue weighted by Crippen LogP contribution is -2.29. The van der Waals surface area contributed by atoms with Crippen LogP contribution in [0.5, 0.6) is 0 Å². The average molecular weight is 322 g/mol. The second kappa shape index (κ2) is 10.5. The Labute approximate surface area is 136 Å². The quantitative estimate of drug-likeness (QED) is 0.291. The van der Waals surface area contributed by atoms with E-state index in [1.54, 1.807) is 12.2 Å². The van der Waals surface area contributed by atoms with Gasteiger partial charge in [0.25, 0.3) is 0 Å². The van der Waals surface area contributed by atoms with Crippen LogP contribution < -0.4 is 0 Å². The highest BCUT2D eigenvalue weighted by atomic mass is 31.1. The molecule has 122 valence electrons. The van der Waals surface area contributed by atoms with Crippen LogP contribution in [-0.2, 0) is 13.6 Å². The second-order valence-corrected chi connectivity index (χ2v) is 6.68. The van der Waals surface area contributed by atoms with Crippen LogP contribution in [0.3, 0.4) is 0 Å². The van der Waals surface area contributed by atoms with Gasteiger partial charge >= 0.3 is 8.25 Å². The van der Waals surface area contributed by atoms with Gasteiger partial charge in [-0.1, -0.05) is 12.2 Å². The summed E-state index contributed by atoms with van der Waals surface area (Å²) in [5.74, 6) is 5.12. The Morgan fingerprint density at radius 2 is 1.36 bits per heavy atom. The molecule has 2 atom stereocenters. The third kappa shape index (κ3) is 8.26. The molecule has 0 amide bonds. The maximum atomic E-state index is 12.3. The molecule has 0 radical (unpaired) electrons. The lowest BCUT2D eigenvalue weighted by molar-refractivity contribution is 0.0253. The molecule has 0 saturated heterocycles. The Balaban J connectivity index is 4.84. The molecule has 0 aromatic carbocycles. The van der Waals surface area contributed by atoms with E-state index >= 15 is 0 Å². The first-order valence-corrected chi connectivity index (χ1v) is 8.58. The molecule has 0 aliphatic rings. The molecule has 3 nitrogen and oxygen atoms in total. The molecule has 0 bridgehead atoms. The standard InChI is InChI=1S/C18H27O3P/c1-7-11-15-17(5,13-9-3)20-22(19)21-18(6,14-10-4)16-12-8-2/h3-4,7-8,22H,1-2,11-16H2,5-6H3. The molecule has 0 heterocycles. The van der Waals surface area contributed by atoms with Crippen LogP contribution in [0.4, 0.5) is 0 Å². The van der Waals surface area contributed by atoms with Gasteiger partial charge in [-0.2, -0.15) is 0 Å². The molecular weight excluding hydrogens is 295 g/mol. The minimum atomic E-state index is -2.72. The van der Waals surface area contributed by atoms with Crippen molar-refractivity contribution in [2.75, 3.05) is 0 Å². The normalized spacial score (nSPS) is 17.3. The third-order valence-electron chi connectivity index (χ3n) is 3.37. The van der Waals surface area contributed by atoms with Gasteiger partial charge in [-0.3, -0.25) is 4.57 Å². The second-order valence-electron chi connectivity index (χ2n) is 5.77. The van der Waals surface area contributed by atoms with Crippen molar-refractivity contribution < 1.29 is 13.6 Å². The maximum Gasteiger partial charge on any atom is 0.320 e. The van der Waals surface area contributed by atoms with E-state index in [2.05, 4.69) is 25.0 Å². The van der Waals surface area contributed by atoms with E-state index in [-0.39, 0.29) is 0 Å². The largest absolute Gasteiger partial charge is 0.320 e. The predicted octanol–water partition coefficient (Wildman–Crippen LogP) is 4.91. The van der Waals surface area contributed by atoms with Crippen molar-refractivity contribution in [3.8, 4) is 24.7 Å². The summed E-state index contributed by atoms with van der Waals surface area (Å²) in [6, 6.07) is 0. The van der Waals surface area contributed by atoms with Crippen LogP contribution in [0.2, 0.25) is 0 Å². The van der Waals surface area contributed by atoms with E-state index in [9.17, 15) is 4.57 Å². The first-order valence-electron chi connectivity index (χ1n) is 7.35. The summed E-state index contributed by atoms with van der Waals surface area (Å²) >= 11 is 0. The van der Waals surface area contributed by atoms with Gasteiger partial charge in [0.1, 0.15) is 0 Å². The van der Waals surface area contributed by atoms with E-state index < -0.39 is 19.5 Å². The minimum Gasteiger partial charge on any atom is -0.303 e. The van der Waals surface area contributed by atoms with Gasteiger partial charge in [-0.05, 0) is 39.5 Å². The Morgan fingerprint density at radius 1 is 1.00 bits per heavy atom. The summed E-state index contributed by atoms with van der Waals surface area (Å²) in [5, 5.41) is 0. The summed E-state index contributed by atoms with van der Waals surface area (Å²) in [7, 11) is -2.72. The van der Waals surface area contributed by atoms with Gasteiger partial charge < -0.3 is 9.05 Å². The van der Waals surface area contributed by atoms with Crippen molar-refractivity contribution in [3.63, 3.8) is 0 Å². The topological polar surface area (TPSA) is 35.5 Å². The first-order chi connectivity index (χ1) is 10.3. The predicted molar refractivity (Wildman–Crippen MR) is 93.7 cm³/mol. The zero-order valence-corrected chi connectivity index (χ0v) is 14.7. The number of hydrogen-bond donors (Lipinski definition) is 0. The van der Waals surface area contributed by atoms with Gasteiger partial charge in [0.15, 0.2) is 0 Å². The zero-order valence-electron chi connectivity index (χ0n) is 13.7. The molecule has 0 aliphatic carbocycles. The molecule has 0 spiro atoms. The molecule has 2 unspecified atom stereocenters. The van der Waals surface area contributed by atoms with Crippen molar-refractivity contribution in [3.05, 3.63) is 25.3 Å². The summed E-state index contributed by atoms with van der Waals surface area (Å²) < 4.78 is 23.6. The summed E-state index contributed by atoms with van der Waals surface area (Å²) in [6.07, 6.45) is 17.8. The van der Waals surface area contributed by atoms with Gasteiger partial charge in [0.2, 0.25) is 0 Å². The van der Waals surface area contributed by atoms with Crippen LogP contribution in [0, 0.1) is 24.7 Å². The molecule has 0 aromatic rings. The van der Waals surface area contributed by atoms with Gasteiger partial charge in [0.05, 0.1) is 11.2 Å².